The number of ether oxygens (including phenoxy) is 3. The van der Waals surface area contributed by atoms with Gasteiger partial charge in [-0.1, -0.05) is 38.7 Å². The summed E-state index contributed by atoms with van der Waals surface area (Å²) >= 11 is 0. The Bertz CT molecular complexity index is 396. The number of hydrogen-bond donors (Lipinski definition) is 1. The van der Waals surface area contributed by atoms with Crippen LogP contribution in [0.5, 0.6) is 11.5 Å². The maximum absolute atomic E-state index is 5.63. The summed E-state index contributed by atoms with van der Waals surface area (Å²) in [7, 11) is 3.33. The minimum Gasteiger partial charge on any atom is -0.493 e. The van der Waals surface area contributed by atoms with Crippen molar-refractivity contribution in [1.82, 2.24) is 5.32 Å². The number of nitrogens with one attached hydrogen (secondary N) is 1. The molecule has 0 aliphatic rings. The van der Waals surface area contributed by atoms with Crippen LogP contribution < -0.4 is 14.8 Å². The summed E-state index contributed by atoms with van der Waals surface area (Å²) < 4.78 is 16.0. The van der Waals surface area contributed by atoms with Gasteiger partial charge < -0.3 is 19.5 Å². The first-order chi connectivity index (χ1) is 10.8. The Morgan fingerprint density at radius 1 is 0.955 bits per heavy atom. The van der Waals surface area contributed by atoms with Crippen molar-refractivity contribution in [2.75, 3.05) is 34.0 Å². The highest BCUT2D eigenvalue weighted by molar-refractivity contribution is 5.42. The molecule has 0 fully saturated rings. The average molecular weight is 309 g/mol. The van der Waals surface area contributed by atoms with Gasteiger partial charge in [-0.3, -0.25) is 0 Å². The first-order valence-corrected chi connectivity index (χ1v) is 8.31. The van der Waals surface area contributed by atoms with Crippen LogP contribution in [0.15, 0.2) is 18.2 Å². The van der Waals surface area contributed by atoms with Crippen molar-refractivity contribution in [1.29, 1.82) is 0 Å². The second-order valence-electron chi connectivity index (χ2n) is 5.42. The van der Waals surface area contributed by atoms with Crippen LogP contribution >= 0.6 is 0 Å². The van der Waals surface area contributed by atoms with Crippen LogP contribution in [0.4, 0.5) is 0 Å². The maximum Gasteiger partial charge on any atom is 0.161 e. The summed E-state index contributed by atoms with van der Waals surface area (Å²) in [6, 6.07) is 6.08. The van der Waals surface area contributed by atoms with Crippen molar-refractivity contribution in [2.24, 2.45) is 0 Å². The standard InChI is InChI=1S/C18H31NO3/c1-4-5-6-7-8-11-19-15-16-9-10-17(18(14-16)21-3)22-13-12-20-2/h9-10,14,19H,4-8,11-13,15H2,1-3H3. The Hall–Kier alpha value is -1.26. The Balaban J connectivity index is 2.32. The Morgan fingerprint density at radius 3 is 2.50 bits per heavy atom. The average Bonchev–Trinajstić information content (AvgIpc) is 2.55. The minimum atomic E-state index is 0.530. The molecule has 1 aromatic rings. The van der Waals surface area contributed by atoms with E-state index in [0.717, 1.165) is 24.6 Å². The van der Waals surface area contributed by atoms with E-state index in [1.165, 1.54) is 37.7 Å². The van der Waals surface area contributed by atoms with E-state index < -0.39 is 0 Å². The fourth-order valence-corrected chi connectivity index (χ4v) is 2.26. The third-order valence-electron chi connectivity index (χ3n) is 3.56. The van der Waals surface area contributed by atoms with Gasteiger partial charge in [-0.2, -0.15) is 0 Å². The van der Waals surface area contributed by atoms with E-state index in [2.05, 4.69) is 18.3 Å². The summed E-state index contributed by atoms with van der Waals surface area (Å²) in [5.74, 6) is 1.54. The van der Waals surface area contributed by atoms with E-state index in [-0.39, 0.29) is 0 Å². The van der Waals surface area contributed by atoms with Gasteiger partial charge in [-0.15, -0.1) is 0 Å². The van der Waals surface area contributed by atoms with Crippen LogP contribution in [-0.4, -0.2) is 34.0 Å². The van der Waals surface area contributed by atoms with Gasteiger partial charge in [0.25, 0.3) is 0 Å². The minimum absolute atomic E-state index is 0.530. The molecule has 0 heterocycles. The van der Waals surface area contributed by atoms with Gasteiger partial charge in [0.15, 0.2) is 11.5 Å². The van der Waals surface area contributed by atoms with Crippen LogP contribution in [-0.2, 0) is 11.3 Å². The summed E-state index contributed by atoms with van der Waals surface area (Å²) in [6.45, 7) is 5.28. The van der Waals surface area contributed by atoms with E-state index in [9.17, 15) is 0 Å². The van der Waals surface area contributed by atoms with E-state index in [4.69, 9.17) is 14.2 Å². The Morgan fingerprint density at radius 2 is 1.77 bits per heavy atom. The molecule has 0 aliphatic carbocycles. The predicted octanol–water partition coefficient (Wildman–Crippen LogP) is 3.78. The molecular weight excluding hydrogens is 278 g/mol. The fraction of sp³-hybridized carbons (Fsp3) is 0.667. The lowest BCUT2D eigenvalue weighted by atomic mass is 10.1. The summed E-state index contributed by atoms with van der Waals surface area (Å²) in [4.78, 5) is 0. The molecule has 126 valence electrons. The zero-order valence-electron chi connectivity index (χ0n) is 14.3. The van der Waals surface area contributed by atoms with Gasteiger partial charge in [0.05, 0.1) is 13.7 Å². The molecule has 1 rings (SSSR count). The Labute approximate surface area is 135 Å². The molecule has 0 atom stereocenters. The molecule has 0 radical (unpaired) electrons. The summed E-state index contributed by atoms with van der Waals surface area (Å²) in [5.41, 5.74) is 1.21. The molecule has 1 aromatic carbocycles. The normalized spacial score (nSPS) is 10.7. The van der Waals surface area contributed by atoms with Crippen molar-refractivity contribution in [3.63, 3.8) is 0 Å². The molecule has 0 unspecified atom stereocenters. The third-order valence-corrected chi connectivity index (χ3v) is 3.56. The largest absolute Gasteiger partial charge is 0.493 e. The molecule has 0 spiro atoms. The number of methoxy groups -OCH3 is 2. The van der Waals surface area contributed by atoms with E-state index >= 15 is 0 Å². The molecule has 0 saturated heterocycles. The molecule has 1 N–H and O–H groups in total. The molecule has 0 saturated carbocycles. The molecule has 0 aromatic heterocycles. The highest BCUT2D eigenvalue weighted by atomic mass is 16.5. The van der Waals surface area contributed by atoms with Crippen molar-refractivity contribution in [3.05, 3.63) is 23.8 Å². The molecule has 0 aliphatic heterocycles. The smallest absolute Gasteiger partial charge is 0.161 e. The highest BCUT2D eigenvalue weighted by Gasteiger charge is 2.05. The van der Waals surface area contributed by atoms with Crippen LogP contribution in [0.1, 0.15) is 44.6 Å². The Kier molecular flexibility index (Phi) is 10.5. The molecule has 0 bridgehead atoms. The predicted molar refractivity (Wildman–Crippen MR) is 90.8 cm³/mol. The van der Waals surface area contributed by atoms with Crippen molar-refractivity contribution in [3.8, 4) is 11.5 Å². The fourth-order valence-electron chi connectivity index (χ4n) is 2.26. The van der Waals surface area contributed by atoms with Gasteiger partial charge in [0, 0.05) is 13.7 Å². The van der Waals surface area contributed by atoms with Gasteiger partial charge >= 0.3 is 0 Å². The third kappa shape index (κ3) is 7.66. The van der Waals surface area contributed by atoms with Gasteiger partial charge in [-0.05, 0) is 30.7 Å². The first kappa shape index (κ1) is 18.8. The second kappa shape index (κ2) is 12.3. The lowest BCUT2D eigenvalue weighted by Gasteiger charge is -2.12. The number of rotatable bonds is 13. The van der Waals surface area contributed by atoms with Crippen molar-refractivity contribution >= 4 is 0 Å². The van der Waals surface area contributed by atoms with Crippen molar-refractivity contribution in [2.45, 2.75) is 45.6 Å². The van der Waals surface area contributed by atoms with E-state index in [1.807, 2.05) is 12.1 Å². The van der Waals surface area contributed by atoms with Crippen LogP contribution in [0, 0.1) is 0 Å². The van der Waals surface area contributed by atoms with Crippen LogP contribution in [0.25, 0.3) is 0 Å². The zero-order valence-corrected chi connectivity index (χ0v) is 14.3. The molecule has 4 nitrogen and oxygen atoms in total. The second-order valence-corrected chi connectivity index (χ2v) is 5.42. The summed E-state index contributed by atoms with van der Waals surface area (Å²) in [6.07, 6.45) is 6.55. The molecule has 0 amide bonds. The molecule has 4 heteroatoms. The monoisotopic (exact) mass is 309 g/mol. The van der Waals surface area contributed by atoms with Gasteiger partial charge in [0.1, 0.15) is 6.61 Å². The van der Waals surface area contributed by atoms with Crippen LogP contribution in [0.3, 0.4) is 0 Å². The number of unbranched alkanes of at least 4 members (excludes halogenated alkanes) is 4. The number of hydrogen-bond acceptors (Lipinski definition) is 4. The zero-order chi connectivity index (χ0) is 16.0. The molecule has 22 heavy (non-hydrogen) atoms. The van der Waals surface area contributed by atoms with E-state index in [0.29, 0.717) is 13.2 Å². The molecular formula is C18H31NO3. The van der Waals surface area contributed by atoms with Crippen molar-refractivity contribution < 1.29 is 14.2 Å². The number of benzene rings is 1. The SMILES string of the molecule is CCCCCCCNCc1ccc(OCCOC)c(OC)c1. The summed E-state index contributed by atoms with van der Waals surface area (Å²) in [5, 5.41) is 3.49. The topological polar surface area (TPSA) is 39.7 Å². The quantitative estimate of drug-likeness (QED) is 0.563. The highest BCUT2D eigenvalue weighted by Crippen LogP contribution is 2.28. The first-order valence-electron chi connectivity index (χ1n) is 8.31. The van der Waals surface area contributed by atoms with Crippen LogP contribution in [0.2, 0.25) is 0 Å². The lowest BCUT2D eigenvalue weighted by Crippen LogP contribution is -2.14. The van der Waals surface area contributed by atoms with E-state index in [1.54, 1.807) is 14.2 Å². The lowest BCUT2D eigenvalue weighted by molar-refractivity contribution is 0.144. The maximum atomic E-state index is 5.63. The van der Waals surface area contributed by atoms with Gasteiger partial charge in [0.2, 0.25) is 0 Å². The van der Waals surface area contributed by atoms with Gasteiger partial charge in [-0.25, -0.2) is 0 Å².